The lowest BCUT2D eigenvalue weighted by molar-refractivity contribution is -0.116. The Kier molecular flexibility index (Phi) is 6.02. The van der Waals surface area contributed by atoms with Crippen molar-refractivity contribution < 1.29 is 13.2 Å². The summed E-state index contributed by atoms with van der Waals surface area (Å²) in [5.41, 5.74) is 1.37. The summed E-state index contributed by atoms with van der Waals surface area (Å²) in [7, 11) is -3.56. The van der Waals surface area contributed by atoms with Gasteiger partial charge in [-0.15, -0.1) is 0 Å². The highest BCUT2D eigenvalue weighted by molar-refractivity contribution is 7.92. The van der Waals surface area contributed by atoms with Gasteiger partial charge in [0.15, 0.2) is 0 Å². The smallest absolute Gasteiger partial charge is 0.232 e. The number of hydrogen-bond donors (Lipinski definition) is 1. The molecule has 25 heavy (non-hydrogen) atoms. The van der Waals surface area contributed by atoms with Crippen LogP contribution >= 0.6 is 11.6 Å². The number of hydrogen-bond acceptors (Lipinski definition) is 4. The highest BCUT2D eigenvalue weighted by atomic mass is 35.5. The van der Waals surface area contributed by atoms with Crippen molar-refractivity contribution in [2.45, 2.75) is 6.42 Å². The largest absolute Gasteiger partial charge is 0.326 e. The van der Waals surface area contributed by atoms with E-state index in [1.165, 1.54) is 24.3 Å². The van der Waals surface area contributed by atoms with Crippen LogP contribution in [0.5, 0.6) is 0 Å². The van der Waals surface area contributed by atoms with Gasteiger partial charge in [-0.3, -0.25) is 9.10 Å². The molecular formula is C17H16ClN3O3S. The Hall–Kier alpha value is -2.56. The molecule has 1 N–H and O–H groups in total. The first-order valence-electron chi connectivity index (χ1n) is 7.33. The monoisotopic (exact) mass is 377 g/mol. The molecule has 1 amide bonds. The zero-order valence-electron chi connectivity index (χ0n) is 13.4. The molecule has 0 unspecified atom stereocenters. The van der Waals surface area contributed by atoms with Crippen molar-refractivity contribution >= 4 is 38.9 Å². The first-order chi connectivity index (χ1) is 11.8. The van der Waals surface area contributed by atoms with E-state index in [1.807, 2.05) is 6.07 Å². The minimum Gasteiger partial charge on any atom is -0.326 e. The molecule has 0 saturated heterocycles. The lowest BCUT2D eigenvalue weighted by Gasteiger charge is -2.22. The molecule has 0 spiro atoms. The number of amides is 1. The predicted molar refractivity (Wildman–Crippen MR) is 98.0 cm³/mol. The van der Waals surface area contributed by atoms with Crippen molar-refractivity contribution in [1.82, 2.24) is 0 Å². The summed E-state index contributed by atoms with van der Waals surface area (Å²) < 4.78 is 25.2. The highest BCUT2D eigenvalue weighted by Gasteiger charge is 2.18. The third kappa shape index (κ3) is 5.48. The number of nitrogens with one attached hydrogen (secondary N) is 1. The summed E-state index contributed by atoms with van der Waals surface area (Å²) in [6.07, 6.45) is 1.04. The van der Waals surface area contributed by atoms with Crippen LogP contribution in [0.2, 0.25) is 5.02 Å². The van der Waals surface area contributed by atoms with E-state index in [9.17, 15) is 13.2 Å². The Morgan fingerprint density at radius 1 is 1.24 bits per heavy atom. The van der Waals surface area contributed by atoms with Gasteiger partial charge in [0, 0.05) is 23.7 Å². The molecule has 0 heterocycles. The van der Waals surface area contributed by atoms with Crippen LogP contribution in [-0.2, 0) is 14.8 Å². The topological polar surface area (TPSA) is 90.3 Å². The maximum absolute atomic E-state index is 12.1. The average molecular weight is 378 g/mol. The van der Waals surface area contributed by atoms with Gasteiger partial charge in [0.25, 0.3) is 0 Å². The molecule has 0 radical (unpaired) electrons. The van der Waals surface area contributed by atoms with E-state index in [0.29, 0.717) is 22.0 Å². The average Bonchev–Trinajstić information content (AvgIpc) is 2.54. The third-order valence-electron chi connectivity index (χ3n) is 3.34. The fourth-order valence-electron chi connectivity index (χ4n) is 2.18. The third-order valence-corrected chi connectivity index (χ3v) is 4.76. The summed E-state index contributed by atoms with van der Waals surface area (Å²) in [6, 6.07) is 14.8. The molecule has 0 bridgehead atoms. The van der Waals surface area contributed by atoms with E-state index in [4.69, 9.17) is 16.9 Å². The molecule has 0 aliphatic rings. The quantitative estimate of drug-likeness (QED) is 0.837. The number of benzene rings is 2. The second-order valence-electron chi connectivity index (χ2n) is 5.30. The maximum atomic E-state index is 12.1. The lowest BCUT2D eigenvalue weighted by Crippen LogP contribution is -2.33. The van der Waals surface area contributed by atoms with Crippen molar-refractivity contribution in [3.63, 3.8) is 0 Å². The molecule has 130 valence electrons. The number of rotatable bonds is 6. The molecule has 8 heteroatoms. The van der Waals surface area contributed by atoms with Gasteiger partial charge in [-0.2, -0.15) is 5.26 Å². The van der Waals surface area contributed by atoms with Crippen LogP contribution in [0.25, 0.3) is 0 Å². The molecular weight excluding hydrogens is 362 g/mol. The van der Waals surface area contributed by atoms with E-state index in [0.717, 1.165) is 10.6 Å². The van der Waals surface area contributed by atoms with Crippen molar-refractivity contribution in [2.24, 2.45) is 0 Å². The van der Waals surface area contributed by atoms with Gasteiger partial charge in [-0.05, 0) is 42.5 Å². The minimum atomic E-state index is -3.56. The number of carbonyl (C=O) groups is 1. The van der Waals surface area contributed by atoms with Crippen LogP contribution in [0.3, 0.4) is 0 Å². The standard InChI is InChI=1S/C17H16ClN3O3S/c1-25(23,24)21(16-7-5-13(12-19)6-8-16)10-9-17(22)20-15-4-2-3-14(18)11-15/h2-8,11H,9-10H2,1H3,(H,20,22). The van der Waals surface area contributed by atoms with Crippen LogP contribution in [0, 0.1) is 11.3 Å². The zero-order chi connectivity index (χ0) is 18.4. The van der Waals surface area contributed by atoms with Crippen LogP contribution < -0.4 is 9.62 Å². The molecule has 0 aromatic heterocycles. The Bertz CT molecular complexity index is 905. The molecule has 0 aliphatic heterocycles. The molecule has 2 aromatic rings. The zero-order valence-corrected chi connectivity index (χ0v) is 15.0. The Balaban J connectivity index is 2.07. The summed E-state index contributed by atoms with van der Waals surface area (Å²) >= 11 is 5.86. The van der Waals surface area contributed by atoms with Crippen molar-refractivity contribution in [1.29, 1.82) is 5.26 Å². The summed E-state index contributed by atoms with van der Waals surface area (Å²) in [4.78, 5) is 12.1. The van der Waals surface area contributed by atoms with Gasteiger partial charge in [0.1, 0.15) is 0 Å². The minimum absolute atomic E-state index is 0.0167. The normalized spacial score (nSPS) is 10.8. The number of anilines is 2. The van der Waals surface area contributed by atoms with E-state index in [2.05, 4.69) is 5.32 Å². The number of halogens is 1. The van der Waals surface area contributed by atoms with E-state index < -0.39 is 10.0 Å². The van der Waals surface area contributed by atoms with E-state index in [-0.39, 0.29) is 18.9 Å². The number of nitrogens with zero attached hydrogens (tertiary/aromatic N) is 2. The summed E-state index contributed by atoms with van der Waals surface area (Å²) in [5.74, 6) is -0.329. The second-order valence-corrected chi connectivity index (χ2v) is 7.65. The molecule has 6 nitrogen and oxygen atoms in total. The lowest BCUT2D eigenvalue weighted by atomic mass is 10.2. The predicted octanol–water partition coefficient (Wildman–Crippen LogP) is 3.01. The first-order valence-corrected chi connectivity index (χ1v) is 9.55. The molecule has 0 saturated carbocycles. The van der Waals surface area contributed by atoms with Gasteiger partial charge in [-0.25, -0.2) is 8.42 Å². The molecule has 2 rings (SSSR count). The van der Waals surface area contributed by atoms with Gasteiger partial charge in [-0.1, -0.05) is 17.7 Å². The Morgan fingerprint density at radius 3 is 2.48 bits per heavy atom. The SMILES string of the molecule is CS(=O)(=O)N(CCC(=O)Nc1cccc(Cl)c1)c1ccc(C#N)cc1. The summed E-state index contributed by atoms with van der Waals surface area (Å²) in [6.45, 7) is -0.0167. The van der Waals surface area contributed by atoms with Crippen molar-refractivity contribution in [3.8, 4) is 6.07 Å². The van der Waals surface area contributed by atoms with Gasteiger partial charge in [0.2, 0.25) is 15.9 Å². The van der Waals surface area contributed by atoms with Crippen molar-refractivity contribution in [2.75, 3.05) is 22.4 Å². The number of nitriles is 1. The van der Waals surface area contributed by atoms with Crippen molar-refractivity contribution in [3.05, 3.63) is 59.1 Å². The van der Waals surface area contributed by atoms with Gasteiger partial charge < -0.3 is 5.32 Å². The van der Waals surface area contributed by atoms with Crippen LogP contribution in [0.4, 0.5) is 11.4 Å². The van der Waals surface area contributed by atoms with E-state index in [1.54, 1.807) is 24.3 Å². The van der Waals surface area contributed by atoms with Gasteiger partial charge >= 0.3 is 0 Å². The molecule has 2 aromatic carbocycles. The van der Waals surface area contributed by atoms with Crippen LogP contribution in [0.15, 0.2) is 48.5 Å². The fourth-order valence-corrected chi connectivity index (χ4v) is 3.30. The maximum Gasteiger partial charge on any atom is 0.232 e. The van der Waals surface area contributed by atoms with Gasteiger partial charge in [0.05, 0.1) is 23.6 Å². The Morgan fingerprint density at radius 2 is 1.92 bits per heavy atom. The molecule has 0 atom stereocenters. The van der Waals surface area contributed by atoms with Crippen LogP contribution in [-0.4, -0.2) is 27.1 Å². The van der Waals surface area contributed by atoms with Crippen LogP contribution in [0.1, 0.15) is 12.0 Å². The fraction of sp³-hybridized carbons (Fsp3) is 0.176. The molecule has 0 aliphatic carbocycles. The Labute approximate surface area is 151 Å². The highest BCUT2D eigenvalue weighted by Crippen LogP contribution is 2.19. The molecule has 0 fully saturated rings. The second kappa shape index (κ2) is 8.01. The summed E-state index contributed by atoms with van der Waals surface area (Å²) in [5, 5.41) is 12.0. The first kappa shape index (κ1) is 18.8. The van der Waals surface area contributed by atoms with E-state index >= 15 is 0 Å². The number of sulfonamides is 1. The number of carbonyl (C=O) groups excluding carboxylic acids is 1.